The van der Waals surface area contributed by atoms with E-state index in [1.165, 1.54) is 11.0 Å². The van der Waals surface area contributed by atoms with Crippen molar-refractivity contribution in [3.8, 4) is 6.07 Å². The van der Waals surface area contributed by atoms with Gasteiger partial charge in [-0.05, 0) is 0 Å². The summed E-state index contributed by atoms with van der Waals surface area (Å²) in [4.78, 5) is 23.0. The summed E-state index contributed by atoms with van der Waals surface area (Å²) in [6, 6.07) is 1.29. The van der Waals surface area contributed by atoms with Gasteiger partial charge < -0.3 is 9.64 Å². The van der Waals surface area contributed by atoms with E-state index in [2.05, 4.69) is 0 Å². The van der Waals surface area contributed by atoms with Crippen LogP contribution in [0.25, 0.3) is 0 Å². The summed E-state index contributed by atoms with van der Waals surface area (Å²) in [5.41, 5.74) is 0. The summed E-state index contributed by atoms with van der Waals surface area (Å²) >= 11 is 0. The van der Waals surface area contributed by atoms with E-state index in [-0.39, 0.29) is 0 Å². The minimum absolute atomic E-state index is 0.395. The molecule has 0 aromatic rings. The molecule has 0 aliphatic carbocycles. The molecule has 0 unspecified atom stereocenters. The van der Waals surface area contributed by atoms with Crippen molar-refractivity contribution in [3.63, 3.8) is 0 Å². The Bertz CT molecular complexity index is 238. The van der Waals surface area contributed by atoms with Gasteiger partial charge in [0.25, 0.3) is 0 Å². The molecule has 0 radical (unpaired) electrons. The topological polar surface area (TPSA) is 70.4 Å². The number of ether oxygens (including phenoxy) is 1. The molecule has 1 aliphatic rings. The standard InChI is InChI=1S/C7H8N2O3/c8-5-6(10)7(11)9-1-3-12-4-2-9/h1-4H2. The van der Waals surface area contributed by atoms with Gasteiger partial charge >= 0.3 is 11.7 Å². The van der Waals surface area contributed by atoms with Crippen LogP contribution in [0.4, 0.5) is 0 Å². The number of ketones is 1. The van der Waals surface area contributed by atoms with Crippen LogP contribution >= 0.6 is 0 Å². The number of rotatable bonds is 1. The van der Waals surface area contributed by atoms with E-state index in [1.807, 2.05) is 0 Å². The molecule has 5 heteroatoms. The normalized spacial score (nSPS) is 16.8. The molecule has 0 atom stereocenters. The maximum absolute atomic E-state index is 11.0. The van der Waals surface area contributed by atoms with Crippen molar-refractivity contribution in [2.24, 2.45) is 0 Å². The number of nitriles is 1. The van der Waals surface area contributed by atoms with E-state index in [1.54, 1.807) is 0 Å². The van der Waals surface area contributed by atoms with Crippen LogP contribution in [0.5, 0.6) is 0 Å². The lowest BCUT2D eigenvalue weighted by Gasteiger charge is -2.24. The smallest absolute Gasteiger partial charge is 0.319 e. The van der Waals surface area contributed by atoms with E-state index in [4.69, 9.17) is 10.00 Å². The van der Waals surface area contributed by atoms with Gasteiger partial charge in [-0.1, -0.05) is 0 Å². The molecular formula is C7H8N2O3. The first kappa shape index (κ1) is 8.68. The highest BCUT2D eigenvalue weighted by molar-refractivity contribution is 6.42. The van der Waals surface area contributed by atoms with Gasteiger partial charge in [-0.3, -0.25) is 9.59 Å². The fraction of sp³-hybridized carbons (Fsp3) is 0.571. The summed E-state index contributed by atoms with van der Waals surface area (Å²) in [6.45, 7) is 1.66. The second kappa shape index (κ2) is 3.83. The van der Waals surface area contributed by atoms with Crippen molar-refractivity contribution >= 4 is 11.7 Å². The third kappa shape index (κ3) is 1.80. The number of carbonyl (C=O) groups excluding carboxylic acids is 2. The molecule has 1 rings (SSSR count). The summed E-state index contributed by atoms with van der Waals surface area (Å²) in [5.74, 6) is -1.72. The lowest BCUT2D eigenvalue weighted by Crippen LogP contribution is -2.43. The Balaban J connectivity index is 2.52. The number of amides is 1. The third-order valence-corrected chi connectivity index (χ3v) is 1.59. The minimum Gasteiger partial charge on any atom is -0.378 e. The third-order valence-electron chi connectivity index (χ3n) is 1.59. The van der Waals surface area contributed by atoms with E-state index in [9.17, 15) is 9.59 Å². The number of Topliss-reactive ketones (excluding diaryl/α,β-unsaturated/α-hetero) is 1. The molecule has 0 aromatic carbocycles. The fourth-order valence-corrected chi connectivity index (χ4v) is 0.958. The zero-order chi connectivity index (χ0) is 8.97. The maximum atomic E-state index is 11.0. The Morgan fingerprint density at radius 2 is 1.92 bits per heavy atom. The number of carbonyl (C=O) groups is 2. The molecule has 1 aliphatic heterocycles. The van der Waals surface area contributed by atoms with Crippen molar-refractivity contribution in [3.05, 3.63) is 0 Å². The van der Waals surface area contributed by atoms with Crippen molar-refractivity contribution in [2.45, 2.75) is 0 Å². The van der Waals surface area contributed by atoms with Crippen molar-refractivity contribution in [1.29, 1.82) is 5.26 Å². The van der Waals surface area contributed by atoms with Gasteiger partial charge in [-0.25, -0.2) is 0 Å². The Morgan fingerprint density at radius 3 is 2.42 bits per heavy atom. The predicted octanol–water partition coefficient (Wildman–Crippen LogP) is -1.06. The molecule has 12 heavy (non-hydrogen) atoms. The summed E-state index contributed by atoms with van der Waals surface area (Å²) in [7, 11) is 0. The zero-order valence-electron chi connectivity index (χ0n) is 6.45. The van der Waals surface area contributed by atoms with Gasteiger partial charge in [0.05, 0.1) is 13.2 Å². The quantitative estimate of drug-likeness (QED) is 0.369. The highest BCUT2D eigenvalue weighted by Crippen LogP contribution is 1.97. The van der Waals surface area contributed by atoms with Crippen molar-refractivity contribution in [1.82, 2.24) is 4.90 Å². The second-order valence-electron chi connectivity index (χ2n) is 2.35. The molecule has 0 spiro atoms. The van der Waals surface area contributed by atoms with Crippen LogP contribution < -0.4 is 0 Å². The van der Waals surface area contributed by atoms with Gasteiger partial charge in [-0.15, -0.1) is 0 Å². The largest absolute Gasteiger partial charge is 0.378 e. The van der Waals surface area contributed by atoms with Crippen molar-refractivity contribution < 1.29 is 14.3 Å². The van der Waals surface area contributed by atoms with Crippen LogP contribution in [0.1, 0.15) is 0 Å². The monoisotopic (exact) mass is 168 g/mol. The summed E-state index contributed by atoms with van der Waals surface area (Å²) < 4.78 is 4.98. The van der Waals surface area contributed by atoms with Gasteiger partial charge in [0.2, 0.25) is 0 Å². The van der Waals surface area contributed by atoms with Gasteiger partial charge in [-0.2, -0.15) is 5.26 Å². The zero-order valence-corrected chi connectivity index (χ0v) is 6.45. The van der Waals surface area contributed by atoms with Crippen LogP contribution in [-0.4, -0.2) is 42.9 Å². The number of morpholine rings is 1. The van der Waals surface area contributed by atoms with Gasteiger partial charge in [0, 0.05) is 13.1 Å². The minimum atomic E-state index is -1.00. The Kier molecular flexibility index (Phi) is 2.77. The van der Waals surface area contributed by atoms with Crippen LogP contribution in [0.2, 0.25) is 0 Å². The molecule has 1 saturated heterocycles. The fourth-order valence-electron chi connectivity index (χ4n) is 0.958. The first-order valence-corrected chi connectivity index (χ1v) is 3.57. The molecule has 0 N–H and O–H groups in total. The van der Waals surface area contributed by atoms with Crippen molar-refractivity contribution in [2.75, 3.05) is 26.3 Å². The van der Waals surface area contributed by atoms with E-state index >= 15 is 0 Å². The Hall–Kier alpha value is -1.41. The molecule has 64 valence electrons. The lowest BCUT2D eigenvalue weighted by molar-refractivity contribution is -0.144. The molecule has 1 heterocycles. The number of hydrogen-bond acceptors (Lipinski definition) is 4. The average Bonchev–Trinajstić information content (AvgIpc) is 2.17. The highest BCUT2D eigenvalue weighted by Gasteiger charge is 2.22. The van der Waals surface area contributed by atoms with Gasteiger partial charge in [0.1, 0.15) is 6.07 Å². The molecule has 0 bridgehead atoms. The molecule has 5 nitrogen and oxygen atoms in total. The van der Waals surface area contributed by atoms with Gasteiger partial charge in [0.15, 0.2) is 0 Å². The molecule has 0 saturated carbocycles. The van der Waals surface area contributed by atoms with E-state index < -0.39 is 11.7 Å². The first-order chi connectivity index (χ1) is 5.75. The Morgan fingerprint density at radius 1 is 1.33 bits per heavy atom. The highest BCUT2D eigenvalue weighted by atomic mass is 16.5. The van der Waals surface area contributed by atoms with E-state index in [0.29, 0.717) is 26.3 Å². The van der Waals surface area contributed by atoms with Crippen LogP contribution in [0.3, 0.4) is 0 Å². The molecule has 0 aromatic heterocycles. The predicted molar refractivity (Wildman–Crippen MR) is 38.0 cm³/mol. The number of hydrogen-bond donors (Lipinski definition) is 0. The van der Waals surface area contributed by atoms with Crippen LogP contribution in [0.15, 0.2) is 0 Å². The first-order valence-electron chi connectivity index (χ1n) is 3.57. The lowest BCUT2D eigenvalue weighted by atomic mass is 10.3. The molecular weight excluding hydrogens is 160 g/mol. The molecule has 1 fully saturated rings. The summed E-state index contributed by atoms with van der Waals surface area (Å²) in [6.07, 6.45) is 0. The SMILES string of the molecule is N#CC(=O)C(=O)N1CCOCC1. The number of nitrogens with zero attached hydrogens (tertiary/aromatic N) is 2. The van der Waals surface area contributed by atoms with E-state index in [0.717, 1.165) is 0 Å². The van der Waals surface area contributed by atoms with Crippen LogP contribution in [0, 0.1) is 11.3 Å². The average molecular weight is 168 g/mol. The Labute approximate surface area is 69.5 Å². The maximum Gasteiger partial charge on any atom is 0.319 e. The second-order valence-corrected chi connectivity index (χ2v) is 2.35. The van der Waals surface area contributed by atoms with Crippen LogP contribution in [-0.2, 0) is 14.3 Å². The molecule has 1 amide bonds. The summed E-state index contributed by atoms with van der Waals surface area (Å²) in [5, 5.41) is 8.16.